The van der Waals surface area contributed by atoms with E-state index in [1.165, 1.54) is 37.7 Å². The van der Waals surface area contributed by atoms with Crippen LogP contribution in [0.3, 0.4) is 0 Å². The molecule has 1 aromatic heterocycles. The van der Waals surface area contributed by atoms with Gasteiger partial charge in [-0.25, -0.2) is 0 Å². The molecule has 4 aromatic carbocycles. The van der Waals surface area contributed by atoms with E-state index in [0.717, 1.165) is 5.52 Å². The lowest BCUT2D eigenvalue weighted by atomic mass is 9.94. The van der Waals surface area contributed by atoms with Crippen LogP contribution in [-0.2, 0) is 0 Å². The molecule has 0 saturated heterocycles. The van der Waals surface area contributed by atoms with Crippen LogP contribution in [0.15, 0.2) is 79.0 Å². The molecule has 22 heavy (non-hydrogen) atoms. The number of benzene rings is 4. The van der Waals surface area contributed by atoms with E-state index in [4.69, 9.17) is 4.98 Å². The van der Waals surface area contributed by atoms with Gasteiger partial charge < -0.3 is 0 Å². The maximum Gasteiger partial charge on any atom is 0.0793 e. The number of fused-ring (bicyclic) bond motifs is 8. The zero-order chi connectivity index (χ0) is 14.5. The largest absolute Gasteiger partial charge is 0.255 e. The molecule has 0 amide bonds. The third-order valence-electron chi connectivity index (χ3n) is 4.47. The highest BCUT2D eigenvalue weighted by atomic mass is 14.7. The second-order valence-corrected chi connectivity index (χ2v) is 5.66. The van der Waals surface area contributed by atoms with Crippen LogP contribution >= 0.6 is 0 Å². The Kier molecular flexibility index (Phi) is 2.28. The molecule has 0 aliphatic carbocycles. The van der Waals surface area contributed by atoms with Crippen molar-refractivity contribution in [3.63, 3.8) is 0 Å². The van der Waals surface area contributed by atoms with Crippen molar-refractivity contribution in [2.24, 2.45) is 0 Å². The van der Waals surface area contributed by atoms with Gasteiger partial charge in [0.2, 0.25) is 0 Å². The lowest BCUT2D eigenvalue weighted by Gasteiger charge is -2.11. The highest BCUT2D eigenvalue weighted by Gasteiger charge is 2.11. The van der Waals surface area contributed by atoms with Gasteiger partial charge in [0.25, 0.3) is 0 Å². The van der Waals surface area contributed by atoms with Crippen molar-refractivity contribution in [1.29, 1.82) is 0 Å². The Balaban J connectivity index is 2.24. The molecule has 0 atom stereocenters. The molecule has 5 rings (SSSR count). The molecule has 0 unspecified atom stereocenters. The molecule has 1 nitrogen and oxygen atoms in total. The van der Waals surface area contributed by atoms with Crippen molar-refractivity contribution in [2.45, 2.75) is 0 Å². The van der Waals surface area contributed by atoms with Gasteiger partial charge in [-0.15, -0.1) is 0 Å². The van der Waals surface area contributed by atoms with Crippen LogP contribution < -0.4 is 0 Å². The molecule has 0 bridgehead atoms. The molecule has 0 aliphatic heterocycles. The highest BCUT2D eigenvalue weighted by Crippen LogP contribution is 2.37. The van der Waals surface area contributed by atoms with Gasteiger partial charge in [-0.2, -0.15) is 0 Å². The lowest BCUT2D eigenvalue weighted by molar-refractivity contribution is 1.46. The molecule has 0 aliphatic rings. The second-order valence-electron chi connectivity index (χ2n) is 5.66. The predicted octanol–water partition coefficient (Wildman–Crippen LogP) is 5.69. The zero-order valence-corrected chi connectivity index (χ0v) is 12.0. The average molecular weight is 279 g/mol. The summed E-state index contributed by atoms with van der Waals surface area (Å²) < 4.78 is 0. The van der Waals surface area contributed by atoms with Gasteiger partial charge in [0.05, 0.1) is 5.52 Å². The summed E-state index contributed by atoms with van der Waals surface area (Å²) in [5, 5.41) is 8.79. The van der Waals surface area contributed by atoms with Crippen LogP contribution in [0.25, 0.3) is 43.2 Å². The van der Waals surface area contributed by atoms with Crippen molar-refractivity contribution in [1.82, 2.24) is 4.98 Å². The molecule has 0 saturated carbocycles. The van der Waals surface area contributed by atoms with Gasteiger partial charge in [0.15, 0.2) is 0 Å². The van der Waals surface area contributed by atoms with E-state index in [0.29, 0.717) is 0 Å². The highest BCUT2D eigenvalue weighted by molar-refractivity contribution is 6.29. The fourth-order valence-corrected chi connectivity index (χ4v) is 3.50. The first kappa shape index (κ1) is 11.7. The summed E-state index contributed by atoms with van der Waals surface area (Å²) in [7, 11) is 0. The number of rotatable bonds is 0. The average Bonchev–Trinajstić information content (AvgIpc) is 2.61. The summed E-state index contributed by atoms with van der Waals surface area (Å²) in [5.74, 6) is 0. The minimum absolute atomic E-state index is 1.09. The third-order valence-corrected chi connectivity index (χ3v) is 4.47. The summed E-state index contributed by atoms with van der Waals surface area (Å²) >= 11 is 0. The minimum atomic E-state index is 1.09. The van der Waals surface area contributed by atoms with Gasteiger partial charge in [0, 0.05) is 22.4 Å². The topological polar surface area (TPSA) is 12.9 Å². The number of nitrogens with zero attached hydrogens (tertiary/aromatic N) is 1. The normalized spacial score (nSPS) is 11.6. The summed E-state index contributed by atoms with van der Waals surface area (Å²) in [6.45, 7) is 0. The van der Waals surface area contributed by atoms with Crippen molar-refractivity contribution < 1.29 is 0 Å². The lowest BCUT2D eigenvalue weighted by Crippen LogP contribution is -1.87. The Morgan fingerprint density at radius 2 is 1.05 bits per heavy atom. The molecular formula is C21H13N. The van der Waals surface area contributed by atoms with E-state index in [9.17, 15) is 0 Å². The zero-order valence-electron chi connectivity index (χ0n) is 12.0. The molecule has 5 aromatic rings. The van der Waals surface area contributed by atoms with Crippen LogP contribution in [-0.4, -0.2) is 4.98 Å². The van der Waals surface area contributed by atoms with Gasteiger partial charge in [-0.3, -0.25) is 4.98 Å². The van der Waals surface area contributed by atoms with Crippen LogP contribution in [0.4, 0.5) is 0 Å². The Hall–Kier alpha value is -2.93. The van der Waals surface area contributed by atoms with Crippen LogP contribution in [0.2, 0.25) is 0 Å². The first-order chi connectivity index (χ1) is 10.9. The summed E-state index contributed by atoms with van der Waals surface area (Å²) in [5.41, 5.74) is 1.09. The van der Waals surface area contributed by atoms with E-state index >= 15 is 0 Å². The smallest absolute Gasteiger partial charge is 0.0793 e. The van der Waals surface area contributed by atoms with Crippen molar-refractivity contribution in [3.05, 3.63) is 79.0 Å². The van der Waals surface area contributed by atoms with E-state index < -0.39 is 0 Å². The fraction of sp³-hybridized carbons (Fsp3) is 0. The summed E-state index contributed by atoms with van der Waals surface area (Å²) in [4.78, 5) is 4.79. The second kappa shape index (κ2) is 4.28. The maximum atomic E-state index is 4.79. The van der Waals surface area contributed by atoms with Crippen LogP contribution in [0.1, 0.15) is 0 Å². The number of hydrogen-bond donors (Lipinski definition) is 0. The molecule has 0 N–H and O–H groups in total. The van der Waals surface area contributed by atoms with E-state index in [1.807, 2.05) is 6.20 Å². The number of aromatic nitrogens is 1. The summed E-state index contributed by atoms with van der Waals surface area (Å²) in [6, 6.07) is 25.7. The third kappa shape index (κ3) is 1.45. The standard InChI is InChI=1S/C21H13N/c1-2-8-15-14(7-1)13-22-21-19-12-6-4-10-17(19)16-9-3-5-11-18(16)20(15)21/h1-13H. The monoisotopic (exact) mass is 279 g/mol. The Labute approximate surface area is 127 Å². The minimum Gasteiger partial charge on any atom is -0.255 e. The quantitative estimate of drug-likeness (QED) is 0.332. The first-order valence-electron chi connectivity index (χ1n) is 7.50. The van der Waals surface area contributed by atoms with Gasteiger partial charge >= 0.3 is 0 Å². The van der Waals surface area contributed by atoms with Gasteiger partial charge in [0.1, 0.15) is 0 Å². The number of pyridine rings is 1. The Morgan fingerprint density at radius 1 is 0.500 bits per heavy atom. The van der Waals surface area contributed by atoms with Gasteiger partial charge in [-0.1, -0.05) is 72.8 Å². The van der Waals surface area contributed by atoms with E-state index in [-0.39, 0.29) is 0 Å². The van der Waals surface area contributed by atoms with E-state index in [1.54, 1.807) is 0 Å². The molecule has 0 radical (unpaired) electrons. The molecule has 1 heterocycles. The van der Waals surface area contributed by atoms with Crippen molar-refractivity contribution >= 4 is 43.2 Å². The molecule has 0 fully saturated rings. The Bertz CT molecular complexity index is 1130. The van der Waals surface area contributed by atoms with Gasteiger partial charge in [-0.05, 0) is 21.5 Å². The van der Waals surface area contributed by atoms with Crippen molar-refractivity contribution in [2.75, 3.05) is 0 Å². The Morgan fingerprint density at radius 3 is 1.82 bits per heavy atom. The van der Waals surface area contributed by atoms with Crippen LogP contribution in [0.5, 0.6) is 0 Å². The van der Waals surface area contributed by atoms with Crippen molar-refractivity contribution in [3.8, 4) is 0 Å². The predicted molar refractivity (Wildman–Crippen MR) is 94.3 cm³/mol. The fourth-order valence-electron chi connectivity index (χ4n) is 3.50. The van der Waals surface area contributed by atoms with Crippen LogP contribution in [0, 0.1) is 0 Å². The van der Waals surface area contributed by atoms with E-state index in [2.05, 4.69) is 72.8 Å². The molecule has 102 valence electrons. The summed E-state index contributed by atoms with van der Waals surface area (Å²) in [6.07, 6.45) is 1.98. The SMILES string of the molecule is c1ccc2c(c1)cnc1c3ccccc3c3ccccc3c21. The molecule has 0 spiro atoms. The maximum absolute atomic E-state index is 4.79. The first-order valence-corrected chi connectivity index (χ1v) is 7.50. The molecule has 1 heteroatoms. The number of hydrogen-bond acceptors (Lipinski definition) is 1. The molecular weight excluding hydrogens is 266 g/mol.